The van der Waals surface area contributed by atoms with Crippen molar-refractivity contribution in [3.63, 3.8) is 0 Å². The number of hydrogen-bond donors (Lipinski definition) is 1. The molecular weight excluding hydrogens is 362 g/mol. The number of hydrogen-bond acceptors (Lipinski definition) is 5. The fraction of sp³-hybridized carbons (Fsp3) is 0.421. The third-order valence-corrected chi connectivity index (χ3v) is 4.67. The Hall–Kier alpha value is -2.61. The second kappa shape index (κ2) is 9.91. The van der Waals surface area contributed by atoms with Crippen LogP contribution < -0.4 is 10.1 Å². The number of ether oxygens (including phenoxy) is 1. The molecule has 1 aromatic heterocycles. The quantitative estimate of drug-likeness (QED) is 0.580. The summed E-state index contributed by atoms with van der Waals surface area (Å²) in [5.74, 6) is 1.39. The lowest BCUT2D eigenvalue weighted by Crippen LogP contribution is -2.38. The van der Waals surface area contributed by atoms with Gasteiger partial charge in [-0.15, -0.1) is 11.3 Å². The van der Waals surface area contributed by atoms with E-state index in [0.29, 0.717) is 18.8 Å². The second-order valence-corrected chi connectivity index (χ2v) is 7.40. The largest absolute Gasteiger partial charge is 0.484 e. The van der Waals surface area contributed by atoms with Crippen LogP contribution in [0.1, 0.15) is 16.3 Å². The third-order valence-electron chi connectivity index (χ3n) is 3.85. The molecule has 0 atom stereocenters. The van der Waals surface area contributed by atoms with E-state index in [-0.39, 0.29) is 12.5 Å². The molecule has 1 N–H and O–H groups in total. The summed E-state index contributed by atoms with van der Waals surface area (Å²) in [6.07, 6.45) is 0. The van der Waals surface area contributed by atoms with E-state index < -0.39 is 0 Å². The van der Waals surface area contributed by atoms with Gasteiger partial charge in [0.25, 0.3) is 5.91 Å². The van der Waals surface area contributed by atoms with Crippen LogP contribution >= 0.6 is 11.3 Å². The first-order valence-electron chi connectivity index (χ1n) is 8.63. The van der Waals surface area contributed by atoms with Gasteiger partial charge in [0.2, 0.25) is 0 Å². The predicted octanol–water partition coefficient (Wildman–Crippen LogP) is 2.13. The molecule has 2 rings (SSSR count). The molecule has 0 bridgehead atoms. The third kappa shape index (κ3) is 6.56. The lowest BCUT2D eigenvalue weighted by molar-refractivity contribution is -0.130. The molecule has 8 heteroatoms. The minimum Gasteiger partial charge on any atom is -0.484 e. The molecule has 0 fully saturated rings. The number of aromatic nitrogens is 1. The van der Waals surface area contributed by atoms with Crippen molar-refractivity contribution in [3.05, 3.63) is 45.9 Å². The molecule has 27 heavy (non-hydrogen) atoms. The van der Waals surface area contributed by atoms with Crippen LogP contribution in [0, 0.1) is 6.92 Å². The summed E-state index contributed by atoms with van der Waals surface area (Å²) in [6.45, 7) is 3.33. The van der Waals surface area contributed by atoms with Crippen LogP contribution in [-0.2, 0) is 17.9 Å². The normalized spacial score (nSPS) is 11.2. The van der Waals surface area contributed by atoms with Gasteiger partial charge in [-0.3, -0.25) is 9.79 Å². The minimum atomic E-state index is -0.0715. The first-order valence-corrected chi connectivity index (χ1v) is 9.51. The first kappa shape index (κ1) is 20.7. The van der Waals surface area contributed by atoms with Gasteiger partial charge >= 0.3 is 0 Å². The molecule has 1 aromatic carbocycles. The topological polar surface area (TPSA) is 70.1 Å². The zero-order valence-electron chi connectivity index (χ0n) is 16.5. The van der Waals surface area contributed by atoms with Crippen LogP contribution in [0.3, 0.4) is 0 Å². The van der Waals surface area contributed by atoms with Gasteiger partial charge in [-0.1, -0.05) is 12.1 Å². The number of thiazole rings is 1. The van der Waals surface area contributed by atoms with Crippen LogP contribution in [-0.4, -0.2) is 61.4 Å². The van der Waals surface area contributed by atoms with E-state index in [1.54, 1.807) is 32.5 Å². The van der Waals surface area contributed by atoms with E-state index in [2.05, 4.69) is 20.7 Å². The molecule has 0 aliphatic carbocycles. The number of benzene rings is 1. The van der Waals surface area contributed by atoms with Gasteiger partial charge in [0.1, 0.15) is 5.75 Å². The molecule has 7 nitrogen and oxygen atoms in total. The summed E-state index contributed by atoms with van der Waals surface area (Å²) in [6, 6.07) is 7.69. The number of nitrogens with one attached hydrogen (secondary N) is 1. The summed E-state index contributed by atoms with van der Waals surface area (Å²) in [5.41, 5.74) is 2.08. The lowest BCUT2D eigenvalue weighted by atomic mass is 10.2. The Kier molecular flexibility index (Phi) is 7.60. The minimum absolute atomic E-state index is 0.0291. The standard InChI is InChI=1S/C19H27N5O2S/c1-14-22-16(13-27-14)11-24(5)19(20-2)21-10-15-7-6-8-17(9-15)26-12-18(25)23(3)4/h6-9,13H,10-12H2,1-5H3,(H,20,21). The van der Waals surface area contributed by atoms with Crippen LogP contribution in [0.4, 0.5) is 0 Å². The first-order chi connectivity index (χ1) is 12.9. The van der Waals surface area contributed by atoms with Gasteiger partial charge in [-0.2, -0.15) is 0 Å². The van der Waals surface area contributed by atoms with E-state index in [1.807, 2.05) is 43.1 Å². The van der Waals surface area contributed by atoms with E-state index in [1.165, 1.54) is 4.90 Å². The summed E-state index contributed by atoms with van der Waals surface area (Å²) in [5, 5.41) is 6.47. The van der Waals surface area contributed by atoms with Gasteiger partial charge in [0, 0.05) is 40.1 Å². The smallest absolute Gasteiger partial charge is 0.259 e. The molecule has 2 aromatic rings. The zero-order valence-corrected chi connectivity index (χ0v) is 17.3. The van der Waals surface area contributed by atoms with E-state index >= 15 is 0 Å². The van der Waals surface area contributed by atoms with Crippen molar-refractivity contribution < 1.29 is 9.53 Å². The van der Waals surface area contributed by atoms with Gasteiger partial charge in [0.15, 0.2) is 12.6 Å². The SMILES string of the molecule is CN=C(NCc1cccc(OCC(=O)N(C)C)c1)N(C)Cc1csc(C)n1. The summed E-state index contributed by atoms with van der Waals surface area (Å²) in [7, 11) is 7.16. The number of amides is 1. The highest BCUT2D eigenvalue weighted by Gasteiger charge is 2.09. The van der Waals surface area contributed by atoms with Crippen molar-refractivity contribution in [2.75, 3.05) is 34.8 Å². The van der Waals surface area contributed by atoms with Gasteiger partial charge in [0.05, 0.1) is 17.2 Å². The number of guanidine groups is 1. The maximum Gasteiger partial charge on any atom is 0.259 e. The van der Waals surface area contributed by atoms with Crippen LogP contribution in [0.2, 0.25) is 0 Å². The van der Waals surface area contributed by atoms with E-state index in [0.717, 1.165) is 22.2 Å². The van der Waals surface area contributed by atoms with Crippen molar-refractivity contribution in [1.29, 1.82) is 0 Å². The number of aryl methyl sites for hydroxylation is 1. The van der Waals surface area contributed by atoms with Gasteiger partial charge in [-0.05, 0) is 24.6 Å². The summed E-state index contributed by atoms with van der Waals surface area (Å²) in [4.78, 5) is 24.0. The number of carbonyl (C=O) groups excluding carboxylic acids is 1. The van der Waals surface area contributed by atoms with E-state index in [4.69, 9.17) is 4.74 Å². The molecule has 146 valence electrons. The maximum absolute atomic E-state index is 11.6. The average Bonchev–Trinajstić information content (AvgIpc) is 3.05. The molecule has 0 aliphatic rings. The Balaban J connectivity index is 1.90. The monoisotopic (exact) mass is 389 g/mol. The Morgan fingerprint density at radius 1 is 1.33 bits per heavy atom. The Morgan fingerprint density at radius 3 is 2.74 bits per heavy atom. The number of likely N-dealkylation sites (N-methyl/N-ethyl adjacent to an activating group) is 1. The highest BCUT2D eigenvalue weighted by molar-refractivity contribution is 7.09. The van der Waals surface area contributed by atoms with Gasteiger partial charge < -0.3 is 19.9 Å². The Labute approximate surface area is 164 Å². The van der Waals surface area contributed by atoms with Crippen LogP contribution in [0.5, 0.6) is 5.75 Å². The molecule has 0 saturated heterocycles. The van der Waals surface area contributed by atoms with Crippen LogP contribution in [0.25, 0.3) is 0 Å². The number of nitrogens with zero attached hydrogens (tertiary/aromatic N) is 4. The van der Waals surface area contributed by atoms with Crippen molar-refractivity contribution >= 4 is 23.2 Å². The average molecular weight is 390 g/mol. The molecule has 0 unspecified atom stereocenters. The summed E-state index contributed by atoms with van der Waals surface area (Å²) < 4.78 is 5.56. The molecule has 1 amide bonds. The summed E-state index contributed by atoms with van der Waals surface area (Å²) >= 11 is 1.65. The zero-order chi connectivity index (χ0) is 19.8. The molecule has 1 heterocycles. The van der Waals surface area contributed by atoms with Crippen molar-refractivity contribution in [2.45, 2.75) is 20.0 Å². The molecular formula is C19H27N5O2S. The number of rotatable bonds is 7. The van der Waals surface area contributed by atoms with Crippen LogP contribution in [0.15, 0.2) is 34.6 Å². The Bertz CT molecular complexity index is 788. The predicted molar refractivity (Wildman–Crippen MR) is 109 cm³/mol. The fourth-order valence-electron chi connectivity index (χ4n) is 2.38. The highest BCUT2D eigenvalue weighted by atomic mass is 32.1. The molecule has 0 saturated carbocycles. The second-order valence-electron chi connectivity index (χ2n) is 6.34. The van der Waals surface area contributed by atoms with Crippen molar-refractivity contribution in [3.8, 4) is 5.75 Å². The maximum atomic E-state index is 11.6. The molecule has 0 aliphatic heterocycles. The fourth-order valence-corrected chi connectivity index (χ4v) is 2.99. The molecule has 0 spiro atoms. The molecule has 0 radical (unpaired) electrons. The van der Waals surface area contributed by atoms with Crippen molar-refractivity contribution in [1.82, 2.24) is 20.1 Å². The lowest BCUT2D eigenvalue weighted by Gasteiger charge is -2.21. The van der Waals surface area contributed by atoms with Gasteiger partial charge in [-0.25, -0.2) is 4.98 Å². The van der Waals surface area contributed by atoms with E-state index in [9.17, 15) is 4.79 Å². The number of carbonyl (C=O) groups is 1. The highest BCUT2D eigenvalue weighted by Crippen LogP contribution is 2.14. The Morgan fingerprint density at radius 2 is 2.11 bits per heavy atom. The van der Waals surface area contributed by atoms with Crippen molar-refractivity contribution in [2.24, 2.45) is 4.99 Å². The number of aliphatic imine (C=N–C) groups is 1.